The van der Waals surface area contributed by atoms with Crippen molar-refractivity contribution in [2.45, 2.75) is 12.6 Å². The maximum atomic E-state index is 13.2. The zero-order chi connectivity index (χ0) is 14.4. The van der Waals surface area contributed by atoms with Crippen LogP contribution in [0.1, 0.15) is 17.2 Å². The van der Waals surface area contributed by atoms with E-state index in [1.165, 1.54) is 12.1 Å². The van der Waals surface area contributed by atoms with E-state index in [-0.39, 0.29) is 11.9 Å². The highest BCUT2D eigenvalue weighted by Gasteiger charge is 2.13. The van der Waals surface area contributed by atoms with Crippen molar-refractivity contribution in [1.82, 2.24) is 0 Å². The van der Waals surface area contributed by atoms with Crippen LogP contribution in [0.15, 0.2) is 48.5 Å². The van der Waals surface area contributed by atoms with Crippen LogP contribution >= 0.6 is 0 Å². The van der Waals surface area contributed by atoms with E-state index in [2.05, 4.69) is 5.32 Å². The second-order valence-corrected chi connectivity index (χ2v) is 4.57. The lowest BCUT2D eigenvalue weighted by molar-refractivity contribution is 0.184. The SMILES string of the molecule is COCc1ccccc1C(CN)Nc1cccc(F)c1. The smallest absolute Gasteiger partial charge is 0.125 e. The van der Waals surface area contributed by atoms with E-state index >= 15 is 0 Å². The van der Waals surface area contributed by atoms with Gasteiger partial charge in [0.1, 0.15) is 5.82 Å². The molecule has 2 aromatic carbocycles. The Hall–Kier alpha value is -1.91. The molecular weight excluding hydrogens is 255 g/mol. The highest BCUT2D eigenvalue weighted by Crippen LogP contribution is 2.23. The maximum absolute atomic E-state index is 13.2. The summed E-state index contributed by atoms with van der Waals surface area (Å²) in [5.74, 6) is -0.268. The summed E-state index contributed by atoms with van der Waals surface area (Å²) in [6.07, 6.45) is 0. The number of halogens is 1. The molecule has 0 heterocycles. The van der Waals surface area contributed by atoms with Crippen LogP contribution in [0, 0.1) is 5.82 Å². The van der Waals surface area contributed by atoms with Gasteiger partial charge in [-0.05, 0) is 29.3 Å². The second kappa shape index (κ2) is 7.03. The number of anilines is 1. The van der Waals surface area contributed by atoms with Crippen molar-refractivity contribution in [2.75, 3.05) is 19.0 Å². The van der Waals surface area contributed by atoms with Gasteiger partial charge in [0.05, 0.1) is 12.6 Å². The summed E-state index contributed by atoms with van der Waals surface area (Å²) in [6, 6.07) is 14.2. The molecule has 20 heavy (non-hydrogen) atoms. The molecule has 0 aliphatic heterocycles. The van der Waals surface area contributed by atoms with E-state index in [9.17, 15) is 4.39 Å². The number of nitrogens with two attached hydrogens (primary N) is 1. The van der Waals surface area contributed by atoms with Gasteiger partial charge < -0.3 is 15.8 Å². The fourth-order valence-corrected chi connectivity index (χ4v) is 2.20. The lowest BCUT2D eigenvalue weighted by atomic mass is 10.0. The third kappa shape index (κ3) is 3.56. The van der Waals surface area contributed by atoms with Gasteiger partial charge in [-0.3, -0.25) is 0 Å². The molecule has 0 saturated heterocycles. The molecular formula is C16H19FN2O. The number of hydrogen-bond acceptors (Lipinski definition) is 3. The molecule has 0 bridgehead atoms. The highest BCUT2D eigenvalue weighted by molar-refractivity contribution is 5.47. The Labute approximate surface area is 118 Å². The Morgan fingerprint density at radius 2 is 2.00 bits per heavy atom. The van der Waals surface area contributed by atoms with Crippen LogP contribution in [-0.2, 0) is 11.3 Å². The highest BCUT2D eigenvalue weighted by atomic mass is 19.1. The molecule has 3 N–H and O–H groups in total. The van der Waals surface area contributed by atoms with Gasteiger partial charge in [-0.1, -0.05) is 30.3 Å². The molecule has 0 spiro atoms. The van der Waals surface area contributed by atoms with Crippen molar-refractivity contribution in [3.8, 4) is 0 Å². The van der Waals surface area contributed by atoms with Crippen LogP contribution in [0.3, 0.4) is 0 Å². The van der Waals surface area contributed by atoms with Crippen molar-refractivity contribution in [2.24, 2.45) is 5.73 Å². The Bertz CT molecular complexity index is 560. The molecule has 0 saturated carbocycles. The zero-order valence-electron chi connectivity index (χ0n) is 11.5. The van der Waals surface area contributed by atoms with Gasteiger partial charge in [0, 0.05) is 19.3 Å². The number of ether oxygens (including phenoxy) is 1. The fraction of sp³-hybridized carbons (Fsp3) is 0.250. The molecule has 0 amide bonds. The van der Waals surface area contributed by atoms with Crippen LogP contribution in [0.4, 0.5) is 10.1 Å². The summed E-state index contributed by atoms with van der Waals surface area (Å²) in [5, 5.41) is 3.26. The average molecular weight is 274 g/mol. The molecule has 106 valence electrons. The van der Waals surface area contributed by atoms with E-state index in [1.54, 1.807) is 13.2 Å². The van der Waals surface area contributed by atoms with Gasteiger partial charge in [-0.15, -0.1) is 0 Å². The monoisotopic (exact) mass is 274 g/mol. The van der Waals surface area contributed by atoms with E-state index in [0.29, 0.717) is 18.8 Å². The normalized spacial score (nSPS) is 12.2. The van der Waals surface area contributed by atoms with Crippen molar-refractivity contribution in [1.29, 1.82) is 0 Å². The molecule has 0 aliphatic carbocycles. The predicted octanol–water partition coefficient (Wildman–Crippen LogP) is 3.08. The van der Waals surface area contributed by atoms with Crippen molar-refractivity contribution in [3.63, 3.8) is 0 Å². The third-order valence-corrected chi connectivity index (χ3v) is 3.13. The van der Waals surface area contributed by atoms with Crippen LogP contribution in [0.25, 0.3) is 0 Å². The number of methoxy groups -OCH3 is 1. The zero-order valence-corrected chi connectivity index (χ0v) is 11.5. The largest absolute Gasteiger partial charge is 0.380 e. The minimum Gasteiger partial charge on any atom is -0.380 e. The minimum atomic E-state index is -0.268. The van der Waals surface area contributed by atoms with Gasteiger partial charge in [0.15, 0.2) is 0 Å². The van der Waals surface area contributed by atoms with Crippen LogP contribution in [0.5, 0.6) is 0 Å². The first-order chi connectivity index (χ1) is 9.74. The van der Waals surface area contributed by atoms with Crippen LogP contribution in [-0.4, -0.2) is 13.7 Å². The molecule has 4 heteroatoms. The van der Waals surface area contributed by atoms with E-state index < -0.39 is 0 Å². The summed E-state index contributed by atoms with van der Waals surface area (Å²) in [4.78, 5) is 0. The van der Waals surface area contributed by atoms with Crippen LogP contribution < -0.4 is 11.1 Å². The molecule has 0 fully saturated rings. The lowest BCUT2D eigenvalue weighted by Crippen LogP contribution is -2.22. The van der Waals surface area contributed by atoms with Crippen molar-refractivity contribution in [3.05, 3.63) is 65.5 Å². The molecule has 1 atom stereocenters. The first-order valence-electron chi connectivity index (χ1n) is 6.53. The van der Waals surface area contributed by atoms with Gasteiger partial charge in [0.25, 0.3) is 0 Å². The Morgan fingerprint density at radius 3 is 2.70 bits per heavy atom. The standard InChI is InChI=1S/C16H19FN2O/c1-20-11-12-5-2-3-8-15(12)16(10-18)19-14-7-4-6-13(17)9-14/h2-9,16,19H,10-11,18H2,1H3. The summed E-state index contributed by atoms with van der Waals surface area (Å²) in [5.41, 5.74) is 8.72. The van der Waals surface area contributed by atoms with E-state index in [0.717, 1.165) is 11.1 Å². The first kappa shape index (κ1) is 14.5. The van der Waals surface area contributed by atoms with Crippen molar-refractivity contribution >= 4 is 5.69 Å². The topological polar surface area (TPSA) is 47.3 Å². The Kier molecular flexibility index (Phi) is 5.09. The molecule has 3 nitrogen and oxygen atoms in total. The summed E-state index contributed by atoms with van der Waals surface area (Å²) < 4.78 is 18.4. The third-order valence-electron chi connectivity index (χ3n) is 3.13. The van der Waals surface area contributed by atoms with E-state index in [1.807, 2.05) is 30.3 Å². The Balaban J connectivity index is 2.24. The van der Waals surface area contributed by atoms with Crippen molar-refractivity contribution < 1.29 is 9.13 Å². The average Bonchev–Trinajstić information content (AvgIpc) is 2.46. The Morgan fingerprint density at radius 1 is 1.20 bits per heavy atom. The fourth-order valence-electron chi connectivity index (χ4n) is 2.20. The summed E-state index contributed by atoms with van der Waals surface area (Å²) >= 11 is 0. The van der Waals surface area contributed by atoms with Crippen LogP contribution in [0.2, 0.25) is 0 Å². The van der Waals surface area contributed by atoms with Gasteiger partial charge in [0.2, 0.25) is 0 Å². The second-order valence-electron chi connectivity index (χ2n) is 4.57. The quantitative estimate of drug-likeness (QED) is 0.851. The lowest BCUT2D eigenvalue weighted by Gasteiger charge is -2.21. The van der Waals surface area contributed by atoms with Gasteiger partial charge in [-0.25, -0.2) is 4.39 Å². The molecule has 0 aromatic heterocycles. The number of hydrogen-bond donors (Lipinski definition) is 2. The molecule has 2 rings (SSSR count). The summed E-state index contributed by atoms with van der Waals surface area (Å²) in [7, 11) is 1.66. The van der Waals surface area contributed by atoms with E-state index in [4.69, 9.17) is 10.5 Å². The number of rotatable bonds is 6. The molecule has 1 unspecified atom stereocenters. The molecule has 2 aromatic rings. The minimum absolute atomic E-state index is 0.0804. The number of nitrogens with one attached hydrogen (secondary N) is 1. The van der Waals surface area contributed by atoms with Gasteiger partial charge in [-0.2, -0.15) is 0 Å². The number of benzene rings is 2. The van der Waals surface area contributed by atoms with Gasteiger partial charge >= 0.3 is 0 Å². The maximum Gasteiger partial charge on any atom is 0.125 e. The predicted molar refractivity (Wildman–Crippen MR) is 79.0 cm³/mol. The summed E-state index contributed by atoms with van der Waals surface area (Å²) in [6.45, 7) is 0.939. The molecule has 0 aliphatic rings. The molecule has 0 radical (unpaired) electrons. The first-order valence-corrected chi connectivity index (χ1v) is 6.53.